The Bertz CT molecular complexity index is 1370. The third-order valence-electron chi connectivity index (χ3n) is 5.83. The monoisotopic (exact) mass is 417 g/mol. The van der Waals surface area contributed by atoms with Gasteiger partial charge in [-0.2, -0.15) is 0 Å². The first kappa shape index (κ1) is 19.5. The molecule has 0 saturated heterocycles. The van der Waals surface area contributed by atoms with E-state index in [1.54, 1.807) is 18.4 Å². The fraction of sp³-hybridized carbons (Fsp3) is 0.292. The number of nitrogens with one attached hydrogen (secondary N) is 1. The van der Waals surface area contributed by atoms with E-state index in [1.165, 1.54) is 6.26 Å². The molecular weight excluding hydrogens is 394 g/mol. The Balaban J connectivity index is 1.42. The molecule has 3 aromatic heterocycles. The molecule has 0 spiro atoms. The van der Waals surface area contributed by atoms with Gasteiger partial charge >= 0.3 is 0 Å². The van der Waals surface area contributed by atoms with Gasteiger partial charge in [-0.25, -0.2) is 4.98 Å². The van der Waals surface area contributed by atoms with Crippen LogP contribution in [0, 0.1) is 0 Å². The molecule has 4 aromatic rings. The van der Waals surface area contributed by atoms with Crippen molar-refractivity contribution in [2.75, 3.05) is 6.54 Å². The first-order valence-corrected chi connectivity index (χ1v) is 10.4. The average molecular weight is 417 g/mol. The van der Waals surface area contributed by atoms with Gasteiger partial charge in [0.15, 0.2) is 17.0 Å². The van der Waals surface area contributed by atoms with Gasteiger partial charge in [-0.1, -0.05) is 19.9 Å². The second-order valence-corrected chi connectivity index (χ2v) is 8.28. The van der Waals surface area contributed by atoms with Crippen LogP contribution in [-0.4, -0.2) is 21.4 Å². The van der Waals surface area contributed by atoms with Gasteiger partial charge in [0.25, 0.3) is 5.56 Å². The summed E-state index contributed by atoms with van der Waals surface area (Å²) in [7, 11) is 0. The molecular formula is C24H23N3O4. The quantitative estimate of drug-likeness (QED) is 0.543. The predicted molar refractivity (Wildman–Crippen MR) is 117 cm³/mol. The van der Waals surface area contributed by atoms with Crippen LogP contribution < -0.4 is 11.0 Å². The molecule has 1 aromatic carbocycles. The number of hydrogen-bond donors (Lipinski definition) is 1. The molecule has 7 nitrogen and oxygen atoms in total. The fourth-order valence-electron chi connectivity index (χ4n) is 4.04. The van der Waals surface area contributed by atoms with Crippen molar-refractivity contribution in [1.29, 1.82) is 0 Å². The first-order chi connectivity index (χ1) is 15.0. The molecule has 158 valence electrons. The fourth-order valence-corrected chi connectivity index (χ4v) is 4.04. The van der Waals surface area contributed by atoms with Crippen molar-refractivity contribution in [1.82, 2.24) is 14.9 Å². The van der Waals surface area contributed by atoms with Gasteiger partial charge in [-0.05, 0) is 35.7 Å². The van der Waals surface area contributed by atoms with Gasteiger partial charge < -0.3 is 13.8 Å². The van der Waals surface area contributed by atoms with E-state index < -0.39 is 0 Å². The Morgan fingerprint density at radius 2 is 2.06 bits per heavy atom. The number of benzene rings is 1. The normalized spacial score (nSPS) is 14.3. The zero-order chi connectivity index (χ0) is 21.5. The summed E-state index contributed by atoms with van der Waals surface area (Å²) in [6.07, 6.45) is 3.72. The van der Waals surface area contributed by atoms with Crippen LogP contribution in [-0.2, 0) is 19.5 Å². The summed E-state index contributed by atoms with van der Waals surface area (Å²) in [5, 5.41) is 0.601. The molecule has 0 aliphatic carbocycles. The molecule has 0 amide bonds. The maximum Gasteiger partial charge on any atom is 0.256 e. The molecule has 31 heavy (non-hydrogen) atoms. The minimum Gasteiger partial charge on any atom is -0.464 e. The number of hydrogen-bond acceptors (Lipinski definition) is 6. The lowest BCUT2D eigenvalue weighted by Crippen LogP contribution is -2.36. The van der Waals surface area contributed by atoms with Gasteiger partial charge in [-0.3, -0.25) is 14.5 Å². The molecule has 1 aliphatic heterocycles. The molecule has 0 unspecified atom stereocenters. The van der Waals surface area contributed by atoms with Crippen molar-refractivity contribution in [3.8, 4) is 11.6 Å². The van der Waals surface area contributed by atoms with E-state index in [-0.39, 0.29) is 11.0 Å². The third kappa shape index (κ3) is 3.61. The molecule has 1 N–H and O–H groups in total. The number of nitrogens with zero attached hydrogens (tertiary/aromatic N) is 2. The van der Waals surface area contributed by atoms with Gasteiger partial charge in [0.2, 0.25) is 0 Å². The first-order valence-electron chi connectivity index (χ1n) is 10.4. The Hall–Kier alpha value is -3.45. The average Bonchev–Trinajstić information content (AvgIpc) is 3.31. The second kappa shape index (κ2) is 7.67. The van der Waals surface area contributed by atoms with Crippen LogP contribution in [0.5, 0.6) is 0 Å². The summed E-state index contributed by atoms with van der Waals surface area (Å²) in [4.78, 5) is 35.2. The lowest BCUT2D eigenvalue weighted by molar-refractivity contribution is 0.239. The van der Waals surface area contributed by atoms with E-state index >= 15 is 0 Å². The van der Waals surface area contributed by atoms with Crippen molar-refractivity contribution in [2.45, 2.75) is 39.3 Å². The molecule has 7 heteroatoms. The van der Waals surface area contributed by atoms with E-state index in [1.807, 2.05) is 18.2 Å². The minimum atomic E-state index is -0.173. The number of aromatic amines is 1. The number of H-pyrrole nitrogens is 1. The second-order valence-electron chi connectivity index (χ2n) is 8.28. The van der Waals surface area contributed by atoms with Crippen LogP contribution in [0.4, 0.5) is 0 Å². The number of aromatic nitrogens is 2. The van der Waals surface area contributed by atoms with Gasteiger partial charge in [0.05, 0.1) is 29.2 Å². The molecule has 0 radical (unpaired) electrons. The zero-order valence-corrected chi connectivity index (χ0v) is 17.5. The smallest absolute Gasteiger partial charge is 0.256 e. The standard InChI is InChI=1S/C24H23N3O4/c1-14(2)15-5-6-20-17(10-15)22(28)16(13-31-20)11-27-8-7-19-18(12-27)24(29)26-23(25-19)21-4-3-9-30-21/h3-6,9-10,13-14H,7-8,11-12H2,1-2H3,(H,25,26,29). The maximum absolute atomic E-state index is 13.1. The molecule has 0 fully saturated rings. The van der Waals surface area contributed by atoms with Gasteiger partial charge in [0, 0.05) is 31.6 Å². The molecule has 0 saturated carbocycles. The highest BCUT2D eigenvalue weighted by atomic mass is 16.3. The molecule has 4 heterocycles. The zero-order valence-electron chi connectivity index (χ0n) is 17.5. The Labute approximate surface area is 178 Å². The van der Waals surface area contributed by atoms with Crippen LogP contribution in [0.3, 0.4) is 0 Å². The van der Waals surface area contributed by atoms with Crippen molar-refractivity contribution in [3.63, 3.8) is 0 Å². The van der Waals surface area contributed by atoms with E-state index in [0.29, 0.717) is 65.7 Å². The third-order valence-corrected chi connectivity index (χ3v) is 5.83. The van der Waals surface area contributed by atoms with Crippen molar-refractivity contribution < 1.29 is 8.83 Å². The van der Waals surface area contributed by atoms with Crippen LogP contribution in [0.1, 0.15) is 42.1 Å². The summed E-state index contributed by atoms with van der Waals surface area (Å²) in [5.74, 6) is 1.31. The summed E-state index contributed by atoms with van der Waals surface area (Å²) >= 11 is 0. The van der Waals surface area contributed by atoms with Crippen LogP contribution in [0.15, 0.2) is 61.3 Å². The van der Waals surface area contributed by atoms with Crippen LogP contribution in [0.2, 0.25) is 0 Å². The van der Waals surface area contributed by atoms with Crippen molar-refractivity contribution in [3.05, 3.63) is 85.8 Å². The summed E-state index contributed by atoms with van der Waals surface area (Å²) in [5.41, 5.74) is 3.51. The van der Waals surface area contributed by atoms with E-state index in [4.69, 9.17) is 8.83 Å². The number of rotatable bonds is 4. The number of furan rings is 1. The van der Waals surface area contributed by atoms with Crippen molar-refractivity contribution in [2.24, 2.45) is 0 Å². The summed E-state index contributed by atoms with van der Waals surface area (Å²) in [6.45, 7) is 5.74. The highest BCUT2D eigenvalue weighted by Crippen LogP contribution is 2.22. The highest BCUT2D eigenvalue weighted by molar-refractivity contribution is 5.77. The summed E-state index contributed by atoms with van der Waals surface area (Å²) < 4.78 is 11.1. The SMILES string of the molecule is CC(C)c1ccc2occ(CN3CCc4nc(-c5ccco5)[nH]c(=O)c4C3)c(=O)c2c1. The molecule has 0 atom stereocenters. The van der Waals surface area contributed by atoms with E-state index in [9.17, 15) is 9.59 Å². The topological polar surface area (TPSA) is 92.3 Å². The van der Waals surface area contributed by atoms with E-state index in [2.05, 4.69) is 28.7 Å². The Morgan fingerprint density at radius 1 is 1.19 bits per heavy atom. The minimum absolute atomic E-state index is 0.0188. The maximum atomic E-state index is 13.1. The predicted octanol–water partition coefficient (Wildman–Crippen LogP) is 3.82. The van der Waals surface area contributed by atoms with E-state index in [0.717, 1.165) is 11.3 Å². The highest BCUT2D eigenvalue weighted by Gasteiger charge is 2.23. The van der Waals surface area contributed by atoms with Crippen LogP contribution in [0.25, 0.3) is 22.6 Å². The molecule has 1 aliphatic rings. The Kier molecular flexibility index (Phi) is 4.82. The van der Waals surface area contributed by atoms with Crippen molar-refractivity contribution >= 4 is 11.0 Å². The largest absolute Gasteiger partial charge is 0.464 e. The van der Waals surface area contributed by atoms with Gasteiger partial charge in [0.1, 0.15) is 5.58 Å². The lowest BCUT2D eigenvalue weighted by atomic mass is 10.0. The summed E-state index contributed by atoms with van der Waals surface area (Å²) in [6, 6.07) is 9.30. The number of fused-ring (bicyclic) bond motifs is 2. The molecule has 5 rings (SSSR count). The lowest BCUT2D eigenvalue weighted by Gasteiger charge is -2.27. The Morgan fingerprint density at radius 3 is 2.84 bits per heavy atom. The van der Waals surface area contributed by atoms with Gasteiger partial charge in [-0.15, -0.1) is 0 Å². The van der Waals surface area contributed by atoms with Crippen LogP contribution >= 0.6 is 0 Å². The molecule has 0 bridgehead atoms.